The molecule has 1 aliphatic carbocycles. The molecule has 1 saturated heterocycles. The largest absolute Gasteiger partial charge is 0.353 e. The molecule has 9 heteroatoms. The topological polar surface area (TPSA) is 88.2 Å². The summed E-state index contributed by atoms with van der Waals surface area (Å²) in [5.74, 6) is 0.849. The van der Waals surface area contributed by atoms with Crippen molar-refractivity contribution >= 4 is 29.4 Å². The van der Waals surface area contributed by atoms with E-state index in [1.807, 2.05) is 30.4 Å². The van der Waals surface area contributed by atoms with Gasteiger partial charge in [-0.3, -0.25) is 9.78 Å². The maximum atomic E-state index is 12.8. The van der Waals surface area contributed by atoms with Crippen LogP contribution in [0.1, 0.15) is 21.9 Å². The van der Waals surface area contributed by atoms with Gasteiger partial charge in [-0.05, 0) is 12.1 Å². The van der Waals surface area contributed by atoms with Crippen molar-refractivity contribution in [2.45, 2.75) is 6.42 Å². The number of allylic oxidation sites excluding steroid dienone is 1. The highest BCUT2D eigenvalue weighted by Crippen LogP contribution is 2.33. The molecule has 0 N–H and O–H groups in total. The van der Waals surface area contributed by atoms with Gasteiger partial charge in [-0.1, -0.05) is 35.0 Å². The van der Waals surface area contributed by atoms with Crippen LogP contribution in [-0.2, 0) is 6.42 Å². The van der Waals surface area contributed by atoms with Crippen LogP contribution >= 0.6 is 11.6 Å². The third-order valence-corrected chi connectivity index (χ3v) is 5.53. The highest BCUT2D eigenvalue weighted by atomic mass is 35.5. The smallest absolute Gasteiger partial charge is 0.316 e. The normalized spacial score (nSPS) is 15.6. The fraction of sp³-hybridized carbons (Fsp3) is 0.250. The summed E-state index contributed by atoms with van der Waals surface area (Å²) in [5.41, 5.74) is 2.34. The Kier molecular flexibility index (Phi) is 4.48. The van der Waals surface area contributed by atoms with E-state index in [-0.39, 0.29) is 17.6 Å². The lowest BCUT2D eigenvalue weighted by molar-refractivity contribution is 0.0696. The minimum atomic E-state index is -0.283. The molecule has 1 fully saturated rings. The third-order valence-electron chi connectivity index (χ3n) is 5.12. The Balaban J connectivity index is 1.30. The minimum Gasteiger partial charge on any atom is -0.353 e. The van der Waals surface area contributed by atoms with Crippen molar-refractivity contribution in [1.29, 1.82) is 0 Å². The first-order valence-corrected chi connectivity index (χ1v) is 9.72. The summed E-state index contributed by atoms with van der Waals surface area (Å²) < 4.78 is 5.24. The fourth-order valence-electron chi connectivity index (χ4n) is 3.55. The van der Waals surface area contributed by atoms with Crippen LogP contribution in [0.4, 0.5) is 5.82 Å². The van der Waals surface area contributed by atoms with E-state index in [4.69, 9.17) is 16.1 Å². The maximum Gasteiger partial charge on any atom is 0.316 e. The number of amides is 1. The number of hydrogen-bond acceptors (Lipinski definition) is 7. The van der Waals surface area contributed by atoms with E-state index >= 15 is 0 Å². The molecule has 0 aromatic carbocycles. The molecular formula is C20H17ClN6O2. The molecule has 1 aliphatic heterocycles. The summed E-state index contributed by atoms with van der Waals surface area (Å²) in [4.78, 5) is 29.7. The molecular weight excluding hydrogens is 392 g/mol. The molecule has 0 bridgehead atoms. The molecule has 8 nitrogen and oxygen atoms in total. The highest BCUT2D eigenvalue weighted by molar-refractivity contribution is 6.34. The van der Waals surface area contributed by atoms with Crippen molar-refractivity contribution in [2.24, 2.45) is 0 Å². The van der Waals surface area contributed by atoms with Gasteiger partial charge < -0.3 is 14.3 Å². The summed E-state index contributed by atoms with van der Waals surface area (Å²) in [6.07, 6.45) is 8.08. The first-order valence-electron chi connectivity index (χ1n) is 9.34. The zero-order valence-corrected chi connectivity index (χ0v) is 16.2. The Morgan fingerprint density at radius 1 is 1.14 bits per heavy atom. The number of aromatic nitrogens is 4. The van der Waals surface area contributed by atoms with Gasteiger partial charge in [0.2, 0.25) is 5.82 Å². The number of hydrogen-bond donors (Lipinski definition) is 0. The van der Waals surface area contributed by atoms with Crippen LogP contribution in [0.2, 0.25) is 5.02 Å². The van der Waals surface area contributed by atoms with Crippen LogP contribution in [-0.4, -0.2) is 57.1 Å². The minimum absolute atomic E-state index is 0.0432. The van der Waals surface area contributed by atoms with Gasteiger partial charge in [-0.25, -0.2) is 4.98 Å². The van der Waals surface area contributed by atoms with E-state index < -0.39 is 0 Å². The summed E-state index contributed by atoms with van der Waals surface area (Å²) in [5, 5.41) is 4.47. The number of piperazine rings is 1. The number of anilines is 1. The zero-order chi connectivity index (χ0) is 19.8. The van der Waals surface area contributed by atoms with Crippen molar-refractivity contribution in [1.82, 2.24) is 25.0 Å². The van der Waals surface area contributed by atoms with E-state index in [2.05, 4.69) is 25.0 Å². The number of rotatable bonds is 3. The van der Waals surface area contributed by atoms with Crippen molar-refractivity contribution in [3.63, 3.8) is 0 Å². The Labute approximate surface area is 171 Å². The molecule has 3 aromatic heterocycles. The molecule has 2 aliphatic rings. The van der Waals surface area contributed by atoms with Gasteiger partial charge in [0.15, 0.2) is 0 Å². The highest BCUT2D eigenvalue weighted by Gasteiger charge is 2.27. The van der Waals surface area contributed by atoms with Gasteiger partial charge in [-0.15, -0.1) is 0 Å². The van der Waals surface area contributed by atoms with Gasteiger partial charge in [0.05, 0.1) is 16.3 Å². The first kappa shape index (κ1) is 17.8. The first-order chi connectivity index (χ1) is 14.2. The molecule has 146 valence electrons. The molecule has 29 heavy (non-hydrogen) atoms. The van der Waals surface area contributed by atoms with E-state index in [1.54, 1.807) is 17.3 Å². The van der Waals surface area contributed by atoms with Crippen molar-refractivity contribution in [3.05, 3.63) is 58.8 Å². The average Bonchev–Trinajstić information content (AvgIpc) is 3.44. The molecule has 1 amide bonds. The maximum absolute atomic E-state index is 12.8. The summed E-state index contributed by atoms with van der Waals surface area (Å²) in [7, 11) is 0. The average molecular weight is 409 g/mol. The molecule has 3 aromatic rings. The zero-order valence-electron chi connectivity index (χ0n) is 15.5. The summed E-state index contributed by atoms with van der Waals surface area (Å²) in [6, 6.07) is 5.80. The van der Waals surface area contributed by atoms with Crippen molar-refractivity contribution < 1.29 is 9.32 Å². The van der Waals surface area contributed by atoms with Crippen LogP contribution in [0.3, 0.4) is 0 Å². The van der Waals surface area contributed by atoms with Crippen molar-refractivity contribution in [2.75, 3.05) is 31.1 Å². The van der Waals surface area contributed by atoms with Crippen LogP contribution in [0, 0.1) is 0 Å². The van der Waals surface area contributed by atoms with E-state index in [0.717, 1.165) is 23.5 Å². The number of carbonyl (C=O) groups excluding carboxylic acids is 1. The number of halogens is 1. The fourth-order valence-corrected chi connectivity index (χ4v) is 3.86. The van der Waals surface area contributed by atoms with E-state index in [9.17, 15) is 4.79 Å². The second-order valence-corrected chi connectivity index (χ2v) is 7.22. The predicted octanol–water partition coefficient (Wildman–Crippen LogP) is 2.71. The molecule has 0 unspecified atom stereocenters. The lowest BCUT2D eigenvalue weighted by atomic mass is 10.1. The van der Waals surface area contributed by atoms with Gasteiger partial charge in [-0.2, -0.15) is 4.98 Å². The lowest BCUT2D eigenvalue weighted by Gasteiger charge is -2.34. The summed E-state index contributed by atoms with van der Waals surface area (Å²) >= 11 is 6.48. The van der Waals surface area contributed by atoms with Gasteiger partial charge in [0.25, 0.3) is 0 Å². The Bertz CT molecular complexity index is 1090. The second kappa shape index (κ2) is 7.29. The quantitative estimate of drug-likeness (QED) is 0.658. The number of fused-ring (bicyclic) bond motifs is 1. The molecule has 0 spiro atoms. The molecule has 0 atom stereocenters. The molecule has 0 radical (unpaired) electrons. The number of nitrogens with zero attached hydrogens (tertiary/aromatic N) is 6. The lowest BCUT2D eigenvalue weighted by Crippen LogP contribution is -2.49. The molecule has 4 heterocycles. The van der Waals surface area contributed by atoms with Crippen LogP contribution in [0.15, 0.2) is 41.2 Å². The van der Waals surface area contributed by atoms with Crippen molar-refractivity contribution in [3.8, 4) is 11.4 Å². The van der Waals surface area contributed by atoms with Gasteiger partial charge >= 0.3 is 11.8 Å². The number of pyridine rings is 2. The predicted molar refractivity (Wildman–Crippen MR) is 108 cm³/mol. The van der Waals surface area contributed by atoms with Crippen LogP contribution in [0.5, 0.6) is 0 Å². The van der Waals surface area contributed by atoms with E-state index in [1.165, 1.54) is 0 Å². The van der Waals surface area contributed by atoms with Crippen LogP contribution in [0.25, 0.3) is 17.5 Å². The summed E-state index contributed by atoms with van der Waals surface area (Å²) in [6.45, 7) is 2.49. The Morgan fingerprint density at radius 2 is 2.00 bits per heavy atom. The number of carbonyl (C=O) groups is 1. The Hall–Kier alpha value is -3.26. The van der Waals surface area contributed by atoms with Crippen LogP contribution < -0.4 is 4.90 Å². The third kappa shape index (κ3) is 3.25. The monoisotopic (exact) mass is 408 g/mol. The molecule has 5 rings (SSSR count). The SMILES string of the molecule is O=C(c1nc(-c2cnc3c(c2Cl)C=CC3)no1)N1CCN(c2ccccn2)CC1. The second-order valence-electron chi connectivity index (χ2n) is 6.84. The molecule has 0 saturated carbocycles. The standard InChI is InChI=1S/C20H17ClN6O2/c21-17-13-4-3-5-15(13)23-12-14(17)18-24-19(29-25-18)20(28)27-10-8-26(9-11-27)16-6-1-2-7-22-16/h1-4,6-7,12H,5,8-11H2. The van der Waals surface area contributed by atoms with E-state index in [0.29, 0.717) is 36.8 Å². The Morgan fingerprint density at radius 3 is 2.79 bits per heavy atom. The van der Waals surface area contributed by atoms with Gasteiger partial charge in [0, 0.05) is 50.6 Å². The van der Waals surface area contributed by atoms with Gasteiger partial charge in [0.1, 0.15) is 5.82 Å².